The molecule has 26 heavy (non-hydrogen) atoms. The van der Waals surface area contributed by atoms with Crippen LogP contribution in [0.15, 0.2) is 66.7 Å². The first-order valence-corrected chi connectivity index (χ1v) is 8.35. The van der Waals surface area contributed by atoms with E-state index in [4.69, 9.17) is 9.47 Å². The molecule has 0 atom stereocenters. The van der Waals surface area contributed by atoms with Gasteiger partial charge >= 0.3 is 0 Å². The topological polar surface area (TPSA) is 47.6 Å². The number of hydrogen-bond acceptors (Lipinski definition) is 3. The van der Waals surface area contributed by atoms with Crippen molar-refractivity contribution in [3.63, 3.8) is 0 Å². The Bertz CT molecular complexity index is 947. The summed E-state index contributed by atoms with van der Waals surface area (Å²) < 4.78 is 10.5. The molecule has 0 spiro atoms. The van der Waals surface area contributed by atoms with Crippen molar-refractivity contribution < 1.29 is 14.3 Å². The van der Waals surface area contributed by atoms with Crippen LogP contribution in [0.4, 0.5) is 0 Å². The first kappa shape index (κ1) is 17.5. The quantitative estimate of drug-likeness (QED) is 0.680. The number of carbonyl (C=O) groups is 1. The van der Waals surface area contributed by atoms with Gasteiger partial charge < -0.3 is 14.8 Å². The molecular weight excluding hydrogens is 326 g/mol. The van der Waals surface area contributed by atoms with Crippen LogP contribution in [0.1, 0.15) is 11.1 Å². The second-order valence-electron chi connectivity index (χ2n) is 5.84. The maximum atomic E-state index is 12.1. The lowest BCUT2D eigenvalue weighted by Crippen LogP contribution is -2.20. The highest BCUT2D eigenvalue weighted by Gasteiger charge is 2.02. The van der Waals surface area contributed by atoms with Gasteiger partial charge in [0.2, 0.25) is 5.91 Å². The Morgan fingerprint density at radius 1 is 0.962 bits per heavy atom. The van der Waals surface area contributed by atoms with Crippen LogP contribution in [-0.2, 0) is 11.3 Å². The number of ether oxygens (including phenoxy) is 2. The Morgan fingerprint density at radius 2 is 1.73 bits per heavy atom. The zero-order valence-electron chi connectivity index (χ0n) is 14.9. The van der Waals surface area contributed by atoms with Gasteiger partial charge in [0.05, 0.1) is 14.2 Å². The van der Waals surface area contributed by atoms with Crippen molar-refractivity contribution in [2.45, 2.75) is 6.54 Å². The van der Waals surface area contributed by atoms with E-state index >= 15 is 0 Å². The van der Waals surface area contributed by atoms with Gasteiger partial charge in [0.1, 0.15) is 11.5 Å². The number of benzene rings is 3. The standard InChI is InChI=1S/C22H21NO3/c1-25-20-11-9-18-13-16(7-8-19(18)14-20)15-23-22(24)12-10-17-5-3-4-6-21(17)26-2/h3-14H,15H2,1-2H3,(H,23,24)/b12-10+. The molecule has 0 unspecified atom stereocenters. The average Bonchev–Trinajstić information content (AvgIpc) is 2.70. The van der Waals surface area contributed by atoms with Crippen LogP contribution < -0.4 is 14.8 Å². The highest BCUT2D eigenvalue weighted by Crippen LogP contribution is 2.22. The lowest BCUT2D eigenvalue weighted by atomic mass is 10.1. The number of methoxy groups -OCH3 is 2. The Hall–Kier alpha value is -3.27. The molecule has 132 valence electrons. The van der Waals surface area contributed by atoms with Gasteiger partial charge in [-0.25, -0.2) is 0 Å². The predicted octanol–water partition coefficient (Wildman–Crippen LogP) is 4.19. The molecule has 0 bridgehead atoms. The smallest absolute Gasteiger partial charge is 0.244 e. The van der Waals surface area contributed by atoms with Crippen molar-refractivity contribution in [2.24, 2.45) is 0 Å². The zero-order chi connectivity index (χ0) is 18.4. The normalized spacial score (nSPS) is 10.8. The predicted molar refractivity (Wildman–Crippen MR) is 104 cm³/mol. The van der Waals surface area contributed by atoms with E-state index in [1.165, 1.54) is 6.08 Å². The van der Waals surface area contributed by atoms with Gasteiger partial charge in [0.25, 0.3) is 0 Å². The van der Waals surface area contributed by atoms with Gasteiger partial charge in [0, 0.05) is 18.2 Å². The molecule has 3 aromatic rings. The van der Waals surface area contributed by atoms with Crippen molar-refractivity contribution in [1.82, 2.24) is 5.32 Å². The van der Waals surface area contributed by atoms with Gasteiger partial charge in [-0.1, -0.05) is 36.4 Å². The van der Waals surface area contributed by atoms with Crippen LogP contribution in [0.5, 0.6) is 11.5 Å². The fourth-order valence-electron chi connectivity index (χ4n) is 2.73. The molecule has 0 heterocycles. The van der Waals surface area contributed by atoms with Gasteiger partial charge in [-0.2, -0.15) is 0 Å². The maximum absolute atomic E-state index is 12.1. The molecular formula is C22H21NO3. The minimum atomic E-state index is -0.147. The number of nitrogens with one attached hydrogen (secondary N) is 1. The lowest BCUT2D eigenvalue weighted by Gasteiger charge is -2.07. The Morgan fingerprint density at radius 3 is 2.54 bits per heavy atom. The third-order valence-corrected chi connectivity index (χ3v) is 4.13. The summed E-state index contributed by atoms with van der Waals surface area (Å²) in [7, 11) is 3.27. The minimum Gasteiger partial charge on any atom is -0.497 e. The first-order valence-electron chi connectivity index (χ1n) is 8.35. The van der Waals surface area contributed by atoms with Crippen molar-refractivity contribution >= 4 is 22.8 Å². The molecule has 0 saturated carbocycles. The number of hydrogen-bond donors (Lipinski definition) is 1. The summed E-state index contributed by atoms with van der Waals surface area (Å²) in [5.41, 5.74) is 1.91. The summed E-state index contributed by atoms with van der Waals surface area (Å²) in [5, 5.41) is 5.12. The molecule has 1 amide bonds. The van der Waals surface area contributed by atoms with E-state index in [0.717, 1.165) is 33.4 Å². The second kappa shape index (κ2) is 8.21. The number of amides is 1. The van der Waals surface area contributed by atoms with Gasteiger partial charge in [-0.3, -0.25) is 4.79 Å². The van der Waals surface area contributed by atoms with Crippen molar-refractivity contribution in [3.05, 3.63) is 77.9 Å². The summed E-state index contributed by atoms with van der Waals surface area (Å²) in [6.45, 7) is 0.469. The SMILES string of the molecule is COc1ccc2cc(CNC(=O)/C=C/c3ccccc3OC)ccc2c1. The molecule has 3 rings (SSSR count). The van der Waals surface area contributed by atoms with Gasteiger partial charge in [-0.15, -0.1) is 0 Å². The summed E-state index contributed by atoms with van der Waals surface area (Å²) in [6.07, 6.45) is 3.27. The molecule has 0 aliphatic carbocycles. The summed E-state index contributed by atoms with van der Waals surface area (Å²) in [5.74, 6) is 1.42. The molecule has 4 heteroatoms. The van der Waals surface area contributed by atoms with Crippen LogP contribution in [0.25, 0.3) is 16.8 Å². The largest absolute Gasteiger partial charge is 0.497 e. The number of fused-ring (bicyclic) bond motifs is 1. The second-order valence-corrected chi connectivity index (χ2v) is 5.84. The molecule has 3 aromatic carbocycles. The molecule has 0 radical (unpaired) electrons. The molecule has 0 saturated heterocycles. The number of carbonyl (C=O) groups excluding carboxylic acids is 1. The van der Waals surface area contributed by atoms with E-state index < -0.39 is 0 Å². The lowest BCUT2D eigenvalue weighted by molar-refractivity contribution is -0.116. The van der Waals surface area contributed by atoms with Gasteiger partial charge in [0.15, 0.2) is 0 Å². The molecule has 0 aliphatic rings. The van der Waals surface area contributed by atoms with Crippen LogP contribution in [0, 0.1) is 0 Å². The summed E-state index contributed by atoms with van der Waals surface area (Å²) >= 11 is 0. The van der Waals surface area contributed by atoms with Gasteiger partial charge in [-0.05, 0) is 46.7 Å². The Labute approximate surface area is 153 Å². The summed E-state index contributed by atoms with van der Waals surface area (Å²) in [6, 6.07) is 19.6. The van der Waals surface area contributed by atoms with Crippen LogP contribution in [0.3, 0.4) is 0 Å². The molecule has 0 aliphatic heterocycles. The molecule has 0 fully saturated rings. The summed E-state index contributed by atoms with van der Waals surface area (Å²) in [4.78, 5) is 12.1. The first-order chi connectivity index (χ1) is 12.7. The zero-order valence-corrected chi connectivity index (χ0v) is 14.9. The third-order valence-electron chi connectivity index (χ3n) is 4.13. The molecule has 4 nitrogen and oxygen atoms in total. The fraction of sp³-hybridized carbons (Fsp3) is 0.136. The highest BCUT2D eigenvalue weighted by atomic mass is 16.5. The van der Waals surface area contributed by atoms with Crippen molar-refractivity contribution in [2.75, 3.05) is 14.2 Å². The van der Waals surface area contributed by atoms with E-state index in [1.54, 1.807) is 20.3 Å². The monoisotopic (exact) mass is 347 g/mol. The van der Waals surface area contributed by atoms with E-state index in [9.17, 15) is 4.79 Å². The maximum Gasteiger partial charge on any atom is 0.244 e. The average molecular weight is 347 g/mol. The minimum absolute atomic E-state index is 0.147. The van der Waals surface area contributed by atoms with Crippen molar-refractivity contribution in [1.29, 1.82) is 0 Å². The van der Waals surface area contributed by atoms with Crippen LogP contribution >= 0.6 is 0 Å². The molecule has 0 aromatic heterocycles. The number of para-hydroxylation sites is 1. The molecule has 1 N–H and O–H groups in total. The van der Waals surface area contributed by atoms with Crippen LogP contribution in [0.2, 0.25) is 0 Å². The number of rotatable bonds is 6. The highest BCUT2D eigenvalue weighted by molar-refractivity contribution is 5.92. The van der Waals surface area contributed by atoms with E-state index in [2.05, 4.69) is 11.4 Å². The Balaban J connectivity index is 1.64. The Kier molecular flexibility index (Phi) is 5.54. The van der Waals surface area contributed by atoms with E-state index in [0.29, 0.717) is 6.54 Å². The third kappa shape index (κ3) is 4.22. The van der Waals surface area contributed by atoms with E-state index in [1.807, 2.05) is 54.6 Å². The van der Waals surface area contributed by atoms with Crippen molar-refractivity contribution in [3.8, 4) is 11.5 Å². The van der Waals surface area contributed by atoms with E-state index in [-0.39, 0.29) is 5.91 Å². The van der Waals surface area contributed by atoms with Crippen LogP contribution in [-0.4, -0.2) is 20.1 Å². The fourth-order valence-corrected chi connectivity index (χ4v) is 2.73.